The number of sulfonamides is 1. The number of amides is 1. The maximum absolute atomic E-state index is 12.6. The lowest BCUT2D eigenvalue weighted by molar-refractivity contribution is -0.150. The van der Waals surface area contributed by atoms with Gasteiger partial charge in [-0.1, -0.05) is 22.0 Å². The van der Waals surface area contributed by atoms with E-state index in [1.54, 1.807) is 24.3 Å². The van der Waals surface area contributed by atoms with Crippen molar-refractivity contribution in [3.63, 3.8) is 0 Å². The average Bonchev–Trinajstić information content (AvgIpc) is 2.52. The number of hydrogen-bond donors (Lipinski definition) is 0. The number of piperazine rings is 1. The summed E-state index contributed by atoms with van der Waals surface area (Å²) in [7, 11) is -3.58. The van der Waals surface area contributed by atoms with Crippen molar-refractivity contribution in [3.05, 3.63) is 28.7 Å². The summed E-state index contributed by atoms with van der Waals surface area (Å²) in [5.74, 6) is -0.839. The second kappa shape index (κ2) is 7.41. The molecule has 1 aliphatic rings. The van der Waals surface area contributed by atoms with Gasteiger partial charge in [-0.05, 0) is 18.2 Å². The number of halogens is 1. The molecule has 2 rings (SSSR count). The summed E-state index contributed by atoms with van der Waals surface area (Å²) in [4.78, 5) is 24.3. The molecule has 1 aromatic carbocycles. The van der Waals surface area contributed by atoms with Crippen molar-refractivity contribution < 1.29 is 22.7 Å². The van der Waals surface area contributed by atoms with Gasteiger partial charge in [0, 0.05) is 37.6 Å². The van der Waals surface area contributed by atoms with Crippen LogP contribution in [-0.4, -0.2) is 62.3 Å². The Balaban J connectivity index is 1.98. The molecule has 9 heteroatoms. The summed E-state index contributed by atoms with van der Waals surface area (Å²) in [5, 5.41) is 0. The number of rotatable bonds is 4. The van der Waals surface area contributed by atoms with Gasteiger partial charge in [0.2, 0.25) is 10.0 Å². The number of hydrogen-bond acceptors (Lipinski definition) is 5. The molecule has 0 aromatic heterocycles. The molecule has 0 N–H and O–H groups in total. The van der Waals surface area contributed by atoms with Crippen LogP contribution in [0.5, 0.6) is 0 Å². The van der Waals surface area contributed by atoms with E-state index in [2.05, 4.69) is 20.7 Å². The summed E-state index contributed by atoms with van der Waals surface area (Å²) in [6.45, 7) is 1.88. The van der Waals surface area contributed by atoms with E-state index in [-0.39, 0.29) is 43.6 Å². The lowest BCUT2D eigenvalue weighted by Crippen LogP contribution is -2.51. The Hall–Kier alpha value is -1.45. The minimum atomic E-state index is -3.58. The van der Waals surface area contributed by atoms with Crippen LogP contribution in [0.2, 0.25) is 0 Å². The van der Waals surface area contributed by atoms with Crippen molar-refractivity contribution >= 4 is 37.8 Å². The summed E-state index contributed by atoms with van der Waals surface area (Å²) < 4.78 is 31.8. The van der Waals surface area contributed by atoms with E-state index in [0.29, 0.717) is 4.47 Å². The van der Waals surface area contributed by atoms with Crippen LogP contribution in [0.3, 0.4) is 0 Å². The zero-order valence-electron chi connectivity index (χ0n) is 12.6. The molecule has 1 heterocycles. The van der Waals surface area contributed by atoms with E-state index < -0.39 is 16.0 Å². The van der Waals surface area contributed by atoms with Crippen molar-refractivity contribution in [1.82, 2.24) is 9.21 Å². The Morgan fingerprint density at radius 1 is 1.22 bits per heavy atom. The number of ether oxygens (including phenoxy) is 1. The molecule has 126 valence electrons. The molecule has 0 atom stereocenters. The van der Waals surface area contributed by atoms with Crippen LogP contribution < -0.4 is 0 Å². The van der Waals surface area contributed by atoms with Crippen molar-refractivity contribution in [2.75, 3.05) is 32.8 Å². The van der Waals surface area contributed by atoms with Gasteiger partial charge in [-0.15, -0.1) is 0 Å². The molecule has 1 fully saturated rings. The predicted molar refractivity (Wildman–Crippen MR) is 86.1 cm³/mol. The molecule has 0 aliphatic carbocycles. The van der Waals surface area contributed by atoms with E-state index in [9.17, 15) is 18.0 Å². The maximum Gasteiger partial charge on any atom is 0.303 e. The average molecular weight is 405 g/mol. The summed E-state index contributed by atoms with van der Waals surface area (Å²) in [5.41, 5.74) is 0. The van der Waals surface area contributed by atoms with Gasteiger partial charge in [0.05, 0.1) is 4.90 Å². The topological polar surface area (TPSA) is 84.0 Å². The number of carbonyl (C=O) groups excluding carboxylic acids is 2. The first-order valence-corrected chi connectivity index (χ1v) is 9.21. The molecular weight excluding hydrogens is 388 g/mol. The van der Waals surface area contributed by atoms with E-state index in [1.807, 2.05) is 0 Å². The van der Waals surface area contributed by atoms with Gasteiger partial charge in [0.25, 0.3) is 5.91 Å². The van der Waals surface area contributed by atoms with Crippen molar-refractivity contribution in [1.29, 1.82) is 0 Å². The minimum absolute atomic E-state index is 0.209. The lowest BCUT2D eigenvalue weighted by atomic mass is 10.3. The molecule has 0 bridgehead atoms. The Bertz CT molecular complexity index is 699. The largest absolute Gasteiger partial charge is 0.456 e. The molecular formula is C14H17BrN2O5S. The smallest absolute Gasteiger partial charge is 0.303 e. The van der Waals surface area contributed by atoms with Crippen LogP contribution in [0.15, 0.2) is 33.6 Å². The second-order valence-electron chi connectivity index (χ2n) is 5.02. The molecule has 0 unspecified atom stereocenters. The highest BCUT2D eigenvalue weighted by Crippen LogP contribution is 2.21. The van der Waals surface area contributed by atoms with Crippen LogP contribution >= 0.6 is 15.9 Å². The lowest BCUT2D eigenvalue weighted by Gasteiger charge is -2.33. The van der Waals surface area contributed by atoms with Crippen LogP contribution in [0.25, 0.3) is 0 Å². The monoisotopic (exact) mass is 404 g/mol. The normalized spacial score (nSPS) is 16.2. The molecule has 23 heavy (non-hydrogen) atoms. The molecule has 7 nitrogen and oxygen atoms in total. The van der Waals surface area contributed by atoms with Gasteiger partial charge in [0.15, 0.2) is 6.61 Å². The first-order valence-electron chi connectivity index (χ1n) is 6.97. The van der Waals surface area contributed by atoms with Crippen molar-refractivity contribution in [3.8, 4) is 0 Å². The molecule has 1 amide bonds. The number of carbonyl (C=O) groups is 2. The maximum atomic E-state index is 12.6. The zero-order chi connectivity index (χ0) is 17.0. The first kappa shape index (κ1) is 17.9. The molecule has 1 aromatic rings. The van der Waals surface area contributed by atoms with Crippen LogP contribution in [-0.2, 0) is 24.3 Å². The molecule has 0 saturated carbocycles. The van der Waals surface area contributed by atoms with E-state index in [1.165, 1.54) is 16.1 Å². The fourth-order valence-corrected chi connectivity index (χ4v) is 4.23. The Labute approximate surface area is 143 Å². The molecule has 1 saturated heterocycles. The Morgan fingerprint density at radius 3 is 2.43 bits per heavy atom. The van der Waals surface area contributed by atoms with Gasteiger partial charge in [-0.2, -0.15) is 4.31 Å². The summed E-state index contributed by atoms with van der Waals surface area (Å²) in [6.07, 6.45) is 0. The zero-order valence-corrected chi connectivity index (χ0v) is 15.0. The van der Waals surface area contributed by atoms with Gasteiger partial charge in [-0.25, -0.2) is 8.42 Å². The Morgan fingerprint density at radius 2 is 1.87 bits per heavy atom. The van der Waals surface area contributed by atoms with Crippen molar-refractivity contribution in [2.45, 2.75) is 11.8 Å². The Kier molecular flexibility index (Phi) is 5.77. The van der Waals surface area contributed by atoms with Gasteiger partial charge in [0.1, 0.15) is 0 Å². The molecule has 0 radical (unpaired) electrons. The van der Waals surface area contributed by atoms with Crippen LogP contribution in [0.4, 0.5) is 0 Å². The number of benzene rings is 1. The SMILES string of the molecule is CC(=O)OCC(=O)N1CCN(S(=O)(=O)c2cccc(Br)c2)CC1. The number of esters is 1. The minimum Gasteiger partial charge on any atom is -0.456 e. The first-order chi connectivity index (χ1) is 10.8. The second-order valence-corrected chi connectivity index (χ2v) is 7.88. The van der Waals surface area contributed by atoms with Gasteiger partial charge < -0.3 is 9.64 Å². The fourth-order valence-electron chi connectivity index (χ4n) is 2.21. The van der Waals surface area contributed by atoms with Crippen LogP contribution in [0.1, 0.15) is 6.92 Å². The highest BCUT2D eigenvalue weighted by molar-refractivity contribution is 9.10. The van der Waals surface area contributed by atoms with E-state index in [0.717, 1.165) is 0 Å². The molecule has 1 aliphatic heterocycles. The highest BCUT2D eigenvalue weighted by atomic mass is 79.9. The third kappa shape index (κ3) is 4.52. The van der Waals surface area contributed by atoms with E-state index in [4.69, 9.17) is 0 Å². The van der Waals surface area contributed by atoms with Gasteiger partial charge in [-0.3, -0.25) is 9.59 Å². The summed E-state index contributed by atoms with van der Waals surface area (Å²) >= 11 is 3.26. The fraction of sp³-hybridized carbons (Fsp3) is 0.429. The van der Waals surface area contributed by atoms with Crippen LogP contribution in [0, 0.1) is 0 Å². The van der Waals surface area contributed by atoms with E-state index >= 15 is 0 Å². The molecule has 0 spiro atoms. The number of nitrogens with zero attached hydrogens (tertiary/aromatic N) is 2. The standard InChI is InChI=1S/C14H17BrN2O5S/c1-11(18)22-10-14(19)16-5-7-17(8-6-16)23(20,21)13-4-2-3-12(15)9-13/h2-4,9H,5-8,10H2,1H3. The van der Waals surface area contributed by atoms with Gasteiger partial charge >= 0.3 is 5.97 Å². The van der Waals surface area contributed by atoms with Crippen molar-refractivity contribution in [2.24, 2.45) is 0 Å². The quantitative estimate of drug-likeness (QED) is 0.694. The predicted octanol–water partition coefficient (Wildman–Crippen LogP) is 0.845. The summed E-state index contributed by atoms with van der Waals surface area (Å²) in [6, 6.07) is 6.51. The highest BCUT2D eigenvalue weighted by Gasteiger charge is 2.30. The third-order valence-corrected chi connectivity index (χ3v) is 5.81. The third-order valence-electron chi connectivity index (χ3n) is 3.42.